The van der Waals surface area contributed by atoms with Crippen molar-refractivity contribution in [2.75, 3.05) is 19.6 Å². The van der Waals surface area contributed by atoms with E-state index in [1.165, 1.54) is 5.56 Å². The molecule has 3 atom stereocenters. The second-order valence-electron chi connectivity index (χ2n) is 4.61. The summed E-state index contributed by atoms with van der Waals surface area (Å²) < 4.78 is 0. The van der Waals surface area contributed by atoms with E-state index < -0.39 is 0 Å². The zero-order valence-electron chi connectivity index (χ0n) is 8.73. The van der Waals surface area contributed by atoms with E-state index in [9.17, 15) is 4.79 Å². The first-order chi connectivity index (χ1) is 7.34. The van der Waals surface area contributed by atoms with Crippen LogP contribution in [-0.4, -0.2) is 30.3 Å². The van der Waals surface area contributed by atoms with Crippen LogP contribution >= 0.6 is 0 Å². The number of piperidine rings is 3. The number of nitrogens with zero attached hydrogens (tertiary/aromatic N) is 1. The summed E-state index contributed by atoms with van der Waals surface area (Å²) in [4.78, 5) is 14.1. The molecule has 0 N–H and O–H groups in total. The van der Waals surface area contributed by atoms with Gasteiger partial charge in [0, 0.05) is 18.4 Å². The molecule has 3 fully saturated rings. The number of ketones is 1. The Hall–Kier alpha value is -1.15. The van der Waals surface area contributed by atoms with Crippen LogP contribution in [0.2, 0.25) is 0 Å². The predicted octanol–water partition coefficient (Wildman–Crippen LogP) is 1.67. The monoisotopic (exact) mass is 201 g/mol. The highest BCUT2D eigenvalue weighted by Gasteiger charge is 2.40. The summed E-state index contributed by atoms with van der Waals surface area (Å²) >= 11 is 0. The third-order valence-electron chi connectivity index (χ3n) is 3.72. The standard InChI is InChI=1S/C13H15NO/c15-13-9-14-7-6-11(13)12(8-14)10-4-2-1-3-5-10/h1-5,11-12H,6-9H2. The molecule has 0 amide bonds. The van der Waals surface area contributed by atoms with Crippen LogP contribution in [0.15, 0.2) is 30.3 Å². The number of fused-ring (bicyclic) bond motifs is 3. The zero-order valence-corrected chi connectivity index (χ0v) is 8.73. The van der Waals surface area contributed by atoms with Gasteiger partial charge >= 0.3 is 0 Å². The van der Waals surface area contributed by atoms with Crippen molar-refractivity contribution in [3.63, 3.8) is 0 Å². The van der Waals surface area contributed by atoms with Crippen molar-refractivity contribution in [3.8, 4) is 0 Å². The van der Waals surface area contributed by atoms with Gasteiger partial charge in [0.15, 0.2) is 5.78 Å². The molecule has 2 bridgehead atoms. The summed E-state index contributed by atoms with van der Waals surface area (Å²) in [5.41, 5.74) is 1.33. The van der Waals surface area contributed by atoms with Gasteiger partial charge in [-0.1, -0.05) is 30.3 Å². The first kappa shape index (κ1) is 9.10. The van der Waals surface area contributed by atoms with Crippen molar-refractivity contribution in [2.45, 2.75) is 12.3 Å². The van der Waals surface area contributed by atoms with Crippen molar-refractivity contribution in [1.29, 1.82) is 0 Å². The average Bonchev–Trinajstić information content (AvgIpc) is 2.30. The number of hydrogen-bond acceptors (Lipinski definition) is 2. The molecular weight excluding hydrogens is 186 g/mol. The van der Waals surface area contributed by atoms with E-state index in [0.717, 1.165) is 19.5 Å². The quantitative estimate of drug-likeness (QED) is 0.689. The van der Waals surface area contributed by atoms with Gasteiger partial charge in [0.1, 0.15) is 0 Å². The van der Waals surface area contributed by atoms with Gasteiger partial charge in [0.2, 0.25) is 0 Å². The van der Waals surface area contributed by atoms with E-state index in [1.54, 1.807) is 0 Å². The first-order valence-corrected chi connectivity index (χ1v) is 5.64. The molecule has 3 aliphatic heterocycles. The molecular formula is C13H15NO. The highest BCUT2D eigenvalue weighted by Crippen LogP contribution is 2.36. The van der Waals surface area contributed by atoms with Crippen molar-refractivity contribution >= 4 is 5.78 Å². The number of rotatable bonds is 1. The molecule has 0 aliphatic carbocycles. The molecule has 0 spiro atoms. The lowest BCUT2D eigenvalue weighted by Gasteiger charge is -2.43. The number of Topliss-reactive ketones (excluding diaryl/α,β-unsaturated/α-hetero) is 1. The summed E-state index contributed by atoms with van der Waals surface area (Å²) in [5, 5.41) is 0. The minimum absolute atomic E-state index is 0.289. The van der Waals surface area contributed by atoms with Crippen LogP contribution in [0.5, 0.6) is 0 Å². The van der Waals surface area contributed by atoms with Crippen LogP contribution in [-0.2, 0) is 4.79 Å². The van der Waals surface area contributed by atoms with Gasteiger partial charge in [-0.15, -0.1) is 0 Å². The maximum absolute atomic E-state index is 11.8. The van der Waals surface area contributed by atoms with E-state index in [0.29, 0.717) is 18.2 Å². The fourth-order valence-corrected chi connectivity index (χ4v) is 2.92. The van der Waals surface area contributed by atoms with Crippen LogP contribution < -0.4 is 0 Å². The minimum Gasteiger partial charge on any atom is -0.298 e. The van der Waals surface area contributed by atoms with Crippen LogP contribution in [0.4, 0.5) is 0 Å². The smallest absolute Gasteiger partial charge is 0.150 e. The van der Waals surface area contributed by atoms with Gasteiger partial charge in [-0.25, -0.2) is 0 Å². The molecule has 1 aromatic carbocycles. The molecule has 3 aliphatic rings. The third-order valence-corrected chi connectivity index (χ3v) is 3.72. The van der Waals surface area contributed by atoms with Crippen LogP contribution in [0.3, 0.4) is 0 Å². The number of carbonyl (C=O) groups is 1. The molecule has 2 heteroatoms. The lowest BCUT2D eigenvalue weighted by molar-refractivity contribution is -0.131. The number of carbonyl (C=O) groups excluding carboxylic acids is 1. The molecule has 3 heterocycles. The number of hydrogen-bond donors (Lipinski definition) is 0. The summed E-state index contributed by atoms with van der Waals surface area (Å²) in [7, 11) is 0. The second kappa shape index (κ2) is 3.46. The Labute approximate surface area is 89.9 Å². The van der Waals surface area contributed by atoms with Crippen LogP contribution in [0.1, 0.15) is 17.9 Å². The van der Waals surface area contributed by atoms with Gasteiger partial charge in [-0.3, -0.25) is 9.69 Å². The van der Waals surface area contributed by atoms with Crippen LogP contribution in [0.25, 0.3) is 0 Å². The van der Waals surface area contributed by atoms with Crippen LogP contribution in [0, 0.1) is 5.92 Å². The molecule has 3 unspecified atom stereocenters. The molecule has 0 saturated carbocycles. The molecule has 0 aromatic heterocycles. The molecule has 3 saturated heterocycles. The fourth-order valence-electron chi connectivity index (χ4n) is 2.92. The van der Waals surface area contributed by atoms with Crippen molar-refractivity contribution in [2.24, 2.45) is 5.92 Å². The van der Waals surface area contributed by atoms with E-state index in [-0.39, 0.29) is 5.92 Å². The average molecular weight is 201 g/mol. The van der Waals surface area contributed by atoms with Gasteiger partial charge in [0.05, 0.1) is 6.54 Å². The molecule has 78 valence electrons. The predicted molar refractivity (Wildman–Crippen MR) is 58.7 cm³/mol. The van der Waals surface area contributed by atoms with Gasteiger partial charge in [-0.2, -0.15) is 0 Å². The van der Waals surface area contributed by atoms with Crippen molar-refractivity contribution < 1.29 is 4.79 Å². The SMILES string of the molecule is O=C1CN2CCC1C(c1ccccc1)C2. The number of benzene rings is 1. The largest absolute Gasteiger partial charge is 0.298 e. The van der Waals surface area contributed by atoms with E-state index >= 15 is 0 Å². The maximum atomic E-state index is 11.8. The summed E-state index contributed by atoms with van der Waals surface area (Å²) in [6, 6.07) is 10.5. The maximum Gasteiger partial charge on any atom is 0.150 e. The van der Waals surface area contributed by atoms with E-state index in [4.69, 9.17) is 0 Å². The van der Waals surface area contributed by atoms with Gasteiger partial charge in [-0.05, 0) is 18.5 Å². The highest BCUT2D eigenvalue weighted by molar-refractivity contribution is 5.85. The Kier molecular flexibility index (Phi) is 2.10. The fraction of sp³-hybridized carbons (Fsp3) is 0.462. The lowest BCUT2D eigenvalue weighted by Crippen LogP contribution is -2.52. The Morgan fingerprint density at radius 2 is 1.93 bits per heavy atom. The summed E-state index contributed by atoms with van der Waals surface area (Å²) in [6.07, 6.45) is 1.05. The Balaban J connectivity index is 1.92. The van der Waals surface area contributed by atoms with E-state index in [1.807, 2.05) is 6.07 Å². The zero-order chi connectivity index (χ0) is 10.3. The minimum atomic E-state index is 0.289. The lowest BCUT2D eigenvalue weighted by atomic mass is 9.75. The molecule has 2 nitrogen and oxygen atoms in total. The Morgan fingerprint density at radius 1 is 1.13 bits per heavy atom. The molecule has 0 radical (unpaired) electrons. The van der Waals surface area contributed by atoms with Crippen molar-refractivity contribution in [3.05, 3.63) is 35.9 Å². The molecule has 4 rings (SSSR count). The Bertz CT molecular complexity index is 373. The molecule has 15 heavy (non-hydrogen) atoms. The van der Waals surface area contributed by atoms with Gasteiger partial charge < -0.3 is 0 Å². The van der Waals surface area contributed by atoms with Crippen molar-refractivity contribution in [1.82, 2.24) is 4.90 Å². The van der Waals surface area contributed by atoms with E-state index in [2.05, 4.69) is 29.2 Å². The highest BCUT2D eigenvalue weighted by atomic mass is 16.1. The summed E-state index contributed by atoms with van der Waals surface area (Å²) in [6.45, 7) is 2.87. The Morgan fingerprint density at radius 3 is 2.60 bits per heavy atom. The molecule has 1 aromatic rings. The third kappa shape index (κ3) is 1.49. The first-order valence-electron chi connectivity index (χ1n) is 5.64. The topological polar surface area (TPSA) is 20.3 Å². The summed E-state index contributed by atoms with van der Waals surface area (Å²) in [5.74, 6) is 1.18. The normalized spacial score (nSPS) is 34.4. The van der Waals surface area contributed by atoms with Gasteiger partial charge in [0.25, 0.3) is 0 Å². The second-order valence-corrected chi connectivity index (χ2v) is 4.61.